The molecule has 1 atom stereocenters. The van der Waals surface area contributed by atoms with Crippen LogP contribution in [-0.4, -0.2) is 11.7 Å². The topological polar surface area (TPSA) is 46.2 Å². The smallest absolute Gasteiger partial charge is 0.129 e. The normalized spacial score (nSPS) is 14.0. The summed E-state index contributed by atoms with van der Waals surface area (Å²) in [7, 11) is 0. The third-order valence-corrected chi connectivity index (χ3v) is 3.01. The first kappa shape index (κ1) is 12.6. The summed E-state index contributed by atoms with van der Waals surface area (Å²) in [6.07, 6.45) is -0.903. The van der Waals surface area contributed by atoms with Gasteiger partial charge in [-0.3, -0.25) is 0 Å². The van der Waals surface area contributed by atoms with E-state index in [-0.39, 0.29) is 5.56 Å². The van der Waals surface area contributed by atoms with Gasteiger partial charge in [-0.15, -0.1) is 0 Å². The van der Waals surface area contributed by atoms with Gasteiger partial charge in [0.15, 0.2) is 0 Å². The molecule has 0 bridgehead atoms. The molecule has 0 saturated heterocycles. The number of hydrogen-bond donors (Lipinski definition) is 2. The van der Waals surface area contributed by atoms with Crippen LogP contribution in [-0.2, 0) is 0 Å². The van der Waals surface area contributed by atoms with Crippen molar-refractivity contribution in [3.8, 4) is 0 Å². The predicted molar refractivity (Wildman–Crippen MR) is 61.9 cm³/mol. The van der Waals surface area contributed by atoms with Gasteiger partial charge in [0.2, 0.25) is 0 Å². The molecule has 0 aliphatic carbocycles. The molecule has 0 spiro atoms. The second kappa shape index (κ2) is 4.60. The van der Waals surface area contributed by atoms with Crippen LogP contribution in [0.4, 0.5) is 4.39 Å². The third-order valence-electron chi connectivity index (χ3n) is 2.52. The molecule has 0 saturated carbocycles. The second-order valence-corrected chi connectivity index (χ2v) is 5.18. The maximum Gasteiger partial charge on any atom is 0.129 e. The van der Waals surface area contributed by atoms with Gasteiger partial charge in [-0.2, -0.15) is 0 Å². The SMILES string of the molecule is CC(C)(CN)C(O)c1cc(Br)ccc1F. The zero-order chi connectivity index (χ0) is 11.6. The largest absolute Gasteiger partial charge is 0.388 e. The molecule has 3 N–H and O–H groups in total. The molecule has 0 aliphatic heterocycles. The Morgan fingerprint density at radius 3 is 2.67 bits per heavy atom. The third kappa shape index (κ3) is 2.77. The maximum atomic E-state index is 13.5. The first-order valence-electron chi connectivity index (χ1n) is 4.71. The van der Waals surface area contributed by atoms with Gasteiger partial charge in [0.25, 0.3) is 0 Å². The van der Waals surface area contributed by atoms with E-state index >= 15 is 0 Å². The minimum atomic E-state index is -0.903. The fourth-order valence-corrected chi connectivity index (χ4v) is 1.64. The molecule has 0 amide bonds. The molecule has 4 heteroatoms. The van der Waals surface area contributed by atoms with E-state index in [2.05, 4.69) is 15.9 Å². The Balaban J connectivity index is 3.10. The van der Waals surface area contributed by atoms with Gasteiger partial charge in [0, 0.05) is 22.0 Å². The monoisotopic (exact) mass is 275 g/mol. The molecular weight excluding hydrogens is 261 g/mol. The van der Waals surface area contributed by atoms with Gasteiger partial charge < -0.3 is 10.8 Å². The molecule has 1 unspecified atom stereocenters. The Morgan fingerprint density at radius 2 is 2.13 bits per heavy atom. The predicted octanol–water partition coefficient (Wildman–Crippen LogP) is 2.61. The average Bonchev–Trinajstić information content (AvgIpc) is 2.20. The summed E-state index contributed by atoms with van der Waals surface area (Å²) in [4.78, 5) is 0. The van der Waals surface area contributed by atoms with E-state index < -0.39 is 17.3 Å². The van der Waals surface area contributed by atoms with Crippen LogP contribution >= 0.6 is 15.9 Å². The van der Waals surface area contributed by atoms with Crippen molar-refractivity contribution in [2.75, 3.05) is 6.54 Å². The summed E-state index contributed by atoms with van der Waals surface area (Å²) >= 11 is 3.24. The van der Waals surface area contributed by atoms with E-state index in [0.717, 1.165) is 4.47 Å². The number of nitrogens with two attached hydrogens (primary N) is 1. The van der Waals surface area contributed by atoms with Crippen molar-refractivity contribution < 1.29 is 9.50 Å². The van der Waals surface area contributed by atoms with Crippen molar-refractivity contribution in [2.45, 2.75) is 20.0 Å². The number of halogens is 2. The molecule has 0 aliphatic rings. The van der Waals surface area contributed by atoms with Crippen molar-refractivity contribution in [2.24, 2.45) is 11.1 Å². The quantitative estimate of drug-likeness (QED) is 0.891. The average molecular weight is 276 g/mol. The van der Waals surface area contributed by atoms with E-state index in [9.17, 15) is 9.50 Å². The lowest BCUT2D eigenvalue weighted by Crippen LogP contribution is -2.31. The Kier molecular flexibility index (Phi) is 3.87. The van der Waals surface area contributed by atoms with Crippen LogP contribution in [0.3, 0.4) is 0 Å². The molecule has 0 heterocycles. The number of rotatable bonds is 3. The molecule has 1 aromatic carbocycles. The lowest BCUT2D eigenvalue weighted by molar-refractivity contribution is 0.0524. The number of aliphatic hydroxyl groups is 1. The van der Waals surface area contributed by atoms with E-state index in [1.807, 2.05) is 0 Å². The summed E-state index contributed by atoms with van der Waals surface area (Å²) in [5.41, 5.74) is 5.28. The first-order chi connectivity index (χ1) is 6.88. The molecule has 15 heavy (non-hydrogen) atoms. The van der Waals surface area contributed by atoms with Crippen LogP contribution in [0.5, 0.6) is 0 Å². The van der Waals surface area contributed by atoms with Gasteiger partial charge in [-0.05, 0) is 18.2 Å². The summed E-state index contributed by atoms with van der Waals surface area (Å²) in [5.74, 6) is -0.410. The molecular formula is C11H15BrFNO. The van der Waals surface area contributed by atoms with Crippen molar-refractivity contribution in [3.05, 3.63) is 34.1 Å². The van der Waals surface area contributed by atoms with Crippen LogP contribution < -0.4 is 5.73 Å². The Morgan fingerprint density at radius 1 is 1.53 bits per heavy atom. The zero-order valence-electron chi connectivity index (χ0n) is 8.80. The first-order valence-corrected chi connectivity index (χ1v) is 5.51. The lowest BCUT2D eigenvalue weighted by Gasteiger charge is -2.29. The van der Waals surface area contributed by atoms with Crippen LogP contribution in [0.1, 0.15) is 25.5 Å². The molecule has 0 aromatic heterocycles. The molecule has 2 nitrogen and oxygen atoms in total. The van der Waals surface area contributed by atoms with Crippen molar-refractivity contribution >= 4 is 15.9 Å². The van der Waals surface area contributed by atoms with Gasteiger partial charge in [0.05, 0.1) is 6.10 Å². The Bertz CT molecular complexity index is 354. The van der Waals surface area contributed by atoms with Gasteiger partial charge >= 0.3 is 0 Å². The second-order valence-electron chi connectivity index (χ2n) is 4.26. The van der Waals surface area contributed by atoms with Gasteiger partial charge in [0.1, 0.15) is 5.82 Å². The van der Waals surface area contributed by atoms with Crippen molar-refractivity contribution in [3.63, 3.8) is 0 Å². The van der Waals surface area contributed by atoms with E-state index in [1.165, 1.54) is 6.07 Å². The summed E-state index contributed by atoms with van der Waals surface area (Å²) in [5, 5.41) is 10.0. The van der Waals surface area contributed by atoms with E-state index in [0.29, 0.717) is 6.54 Å². The van der Waals surface area contributed by atoms with Crippen LogP contribution in [0.2, 0.25) is 0 Å². The zero-order valence-corrected chi connectivity index (χ0v) is 10.4. The van der Waals surface area contributed by atoms with Gasteiger partial charge in [-0.25, -0.2) is 4.39 Å². The molecule has 84 valence electrons. The number of hydrogen-bond acceptors (Lipinski definition) is 2. The molecule has 0 radical (unpaired) electrons. The van der Waals surface area contributed by atoms with Crippen molar-refractivity contribution in [1.29, 1.82) is 0 Å². The fraction of sp³-hybridized carbons (Fsp3) is 0.455. The number of benzene rings is 1. The highest BCUT2D eigenvalue weighted by Crippen LogP contribution is 2.34. The highest BCUT2D eigenvalue weighted by Gasteiger charge is 2.29. The summed E-state index contributed by atoms with van der Waals surface area (Å²) < 4.78 is 14.2. The van der Waals surface area contributed by atoms with Gasteiger partial charge in [-0.1, -0.05) is 29.8 Å². The lowest BCUT2D eigenvalue weighted by atomic mass is 9.82. The van der Waals surface area contributed by atoms with Crippen LogP contribution in [0.15, 0.2) is 22.7 Å². The van der Waals surface area contributed by atoms with Crippen LogP contribution in [0.25, 0.3) is 0 Å². The highest BCUT2D eigenvalue weighted by molar-refractivity contribution is 9.10. The number of aliphatic hydroxyl groups excluding tert-OH is 1. The minimum absolute atomic E-state index is 0.278. The summed E-state index contributed by atoms with van der Waals surface area (Å²) in [6.45, 7) is 3.90. The Labute approximate surface area is 97.4 Å². The van der Waals surface area contributed by atoms with E-state index in [1.54, 1.807) is 26.0 Å². The van der Waals surface area contributed by atoms with E-state index in [4.69, 9.17) is 5.73 Å². The van der Waals surface area contributed by atoms with Crippen LogP contribution in [0, 0.1) is 11.2 Å². The molecule has 0 fully saturated rings. The molecule has 1 aromatic rings. The fourth-order valence-electron chi connectivity index (χ4n) is 1.26. The molecule has 1 rings (SSSR count). The standard InChI is InChI=1S/C11H15BrFNO/c1-11(2,6-14)10(15)8-5-7(12)3-4-9(8)13/h3-5,10,15H,6,14H2,1-2H3. The highest BCUT2D eigenvalue weighted by atomic mass is 79.9. The minimum Gasteiger partial charge on any atom is -0.388 e. The van der Waals surface area contributed by atoms with Crippen molar-refractivity contribution in [1.82, 2.24) is 0 Å². The maximum absolute atomic E-state index is 13.5. The Hall–Kier alpha value is -0.450. The summed E-state index contributed by atoms with van der Waals surface area (Å²) in [6, 6.07) is 4.51.